The highest BCUT2D eigenvalue weighted by Gasteiger charge is 2.41. The summed E-state index contributed by atoms with van der Waals surface area (Å²) < 4.78 is 29.5. The summed E-state index contributed by atoms with van der Waals surface area (Å²) in [6, 6.07) is 8.92. The van der Waals surface area contributed by atoms with Gasteiger partial charge in [-0.05, 0) is 36.1 Å². The Labute approximate surface area is 208 Å². The number of ketones is 1. The minimum Gasteiger partial charge on any atom is -0.493 e. The maximum absolute atomic E-state index is 13.8. The Morgan fingerprint density at radius 3 is 2.22 bits per heavy atom. The van der Waals surface area contributed by atoms with Crippen LogP contribution in [0.25, 0.3) is 0 Å². The highest BCUT2D eigenvalue weighted by atomic mass is 16.5. The first-order chi connectivity index (χ1) is 17.5. The topological polar surface area (TPSA) is 106 Å². The van der Waals surface area contributed by atoms with Gasteiger partial charge in [-0.25, -0.2) is 4.68 Å². The number of allylic oxidation sites excluding steroid dienone is 2. The number of carbonyl (C=O) groups is 1. The molecule has 5 rings (SSSR count). The lowest BCUT2D eigenvalue weighted by atomic mass is 9.77. The Balaban J connectivity index is 1.61. The van der Waals surface area contributed by atoms with Crippen LogP contribution >= 0.6 is 0 Å². The second kappa shape index (κ2) is 9.44. The number of anilines is 1. The molecule has 0 radical (unpaired) electrons. The first kappa shape index (κ1) is 23.5. The smallest absolute Gasteiger partial charge is 0.226 e. The van der Waals surface area contributed by atoms with E-state index in [2.05, 4.69) is 15.4 Å². The fourth-order valence-corrected chi connectivity index (χ4v) is 5.14. The normalized spacial score (nSPS) is 18.6. The van der Waals surface area contributed by atoms with Gasteiger partial charge in [-0.15, -0.1) is 0 Å². The van der Waals surface area contributed by atoms with Gasteiger partial charge in [-0.1, -0.05) is 12.1 Å². The minimum atomic E-state index is -0.503. The number of hydrogen-bond acceptors (Lipinski definition) is 9. The van der Waals surface area contributed by atoms with Gasteiger partial charge in [0.25, 0.3) is 0 Å². The SMILES string of the molecule is COc1cc([C@@H]2CC(=O)C3=C(C2)Nc2ncnn2[C@H]3c2cccc(OC)c2OC)cc(OC)c1OC. The Morgan fingerprint density at radius 2 is 1.58 bits per heavy atom. The van der Waals surface area contributed by atoms with Gasteiger partial charge in [0.1, 0.15) is 12.4 Å². The molecule has 2 aromatic carbocycles. The third-order valence-electron chi connectivity index (χ3n) is 6.75. The van der Waals surface area contributed by atoms with Crippen molar-refractivity contribution >= 4 is 11.7 Å². The van der Waals surface area contributed by atoms with Crippen LogP contribution in [0.2, 0.25) is 0 Å². The monoisotopic (exact) mass is 492 g/mol. The van der Waals surface area contributed by atoms with Crippen LogP contribution in [0, 0.1) is 0 Å². The molecule has 0 unspecified atom stereocenters. The molecule has 0 spiro atoms. The number of hydrogen-bond donors (Lipinski definition) is 1. The van der Waals surface area contributed by atoms with Gasteiger partial charge >= 0.3 is 0 Å². The van der Waals surface area contributed by atoms with Gasteiger partial charge < -0.3 is 29.0 Å². The molecule has 10 nitrogen and oxygen atoms in total. The van der Waals surface area contributed by atoms with Crippen LogP contribution in [-0.4, -0.2) is 56.1 Å². The molecule has 3 aromatic rings. The molecule has 1 N–H and O–H groups in total. The predicted molar refractivity (Wildman–Crippen MR) is 131 cm³/mol. The zero-order valence-corrected chi connectivity index (χ0v) is 20.8. The second-order valence-corrected chi connectivity index (χ2v) is 8.52. The summed E-state index contributed by atoms with van der Waals surface area (Å²) in [5.41, 5.74) is 3.15. The molecule has 0 bridgehead atoms. The molecule has 2 atom stereocenters. The van der Waals surface area contributed by atoms with Crippen LogP contribution in [0.1, 0.15) is 35.9 Å². The average molecular weight is 493 g/mol. The van der Waals surface area contributed by atoms with Gasteiger partial charge in [-0.2, -0.15) is 10.1 Å². The Morgan fingerprint density at radius 1 is 0.889 bits per heavy atom. The number of para-hydroxylation sites is 1. The van der Waals surface area contributed by atoms with E-state index in [1.807, 2.05) is 30.3 Å². The van der Waals surface area contributed by atoms with Crippen LogP contribution in [0.4, 0.5) is 5.95 Å². The summed E-state index contributed by atoms with van der Waals surface area (Å²) in [4.78, 5) is 18.2. The molecule has 0 saturated carbocycles. The zero-order valence-electron chi connectivity index (χ0n) is 20.8. The Kier molecular flexibility index (Phi) is 6.17. The van der Waals surface area contributed by atoms with Gasteiger partial charge in [0, 0.05) is 23.3 Å². The van der Waals surface area contributed by atoms with Crippen molar-refractivity contribution < 1.29 is 28.5 Å². The van der Waals surface area contributed by atoms with Crippen molar-refractivity contribution in [1.82, 2.24) is 14.8 Å². The number of nitrogens with one attached hydrogen (secondary N) is 1. The number of benzene rings is 2. The molecule has 0 saturated heterocycles. The lowest BCUT2D eigenvalue weighted by Gasteiger charge is -2.35. The van der Waals surface area contributed by atoms with Crippen molar-refractivity contribution in [3.05, 3.63) is 59.1 Å². The van der Waals surface area contributed by atoms with E-state index in [4.69, 9.17) is 23.7 Å². The summed E-state index contributed by atoms with van der Waals surface area (Å²) >= 11 is 0. The molecule has 188 valence electrons. The number of rotatable bonds is 7. The zero-order chi connectivity index (χ0) is 25.4. The van der Waals surface area contributed by atoms with E-state index < -0.39 is 6.04 Å². The third kappa shape index (κ3) is 3.69. The van der Waals surface area contributed by atoms with Crippen molar-refractivity contribution in [3.8, 4) is 28.7 Å². The van der Waals surface area contributed by atoms with Gasteiger partial charge in [-0.3, -0.25) is 4.79 Å². The molecule has 10 heteroatoms. The molecule has 1 aliphatic carbocycles. The number of fused-ring (bicyclic) bond motifs is 1. The van der Waals surface area contributed by atoms with Crippen LogP contribution in [0.3, 0.4) is 0 Å². The quantitative estimate of drug-likeness (QED) is 0.528. The largest absolute Gasteiger partial charge is 0.493 e. The van der Waals surface area contributed by atoms with Gasteiger partial charge in [0.05, 0.1) is 35.5 Å². The average Bonchev–Trinajstić information content (AvgIpc) is 3.38. The lowest BCUT2D eigenvalue weighted by molar-refractivity contribution is -0.116. The number of Topliss-reactive ketones (excluding diaryl/α,β-unsaturated/α-hetero) is 1. The second-order valence-electron chi connectivity index (χ2n) is 8.52. The van der Waals surface area contributed by atoms with E-state index in [0.717, 1.165) is 16.8 Å². The molecule has 36 heavy (non-hydrogen) atoms. The fourth-order valence-electron chi connectivity index (χ4n) is 5.14. The van der Waals surface area contributed by atoms with Crippen LogP contribution in [0.15, 0.2) is 47.9 Å². The van der Waals surface area contributed by atoms with Crippen molar-refractivity contribution in [2.45, 2.75) is 24.8 Å². The van der Waals surface area contributed by atoms with E-state index in [1.54, 1.807) is 40.2 Å². The fraction of sp³-hybridized carbons (Fsp3) is 0.346. The molecule has 0 fully saturated rings. The first-order valence-electron chi connectivity index (χ1n) is 11.5. The van der Waals surface area contributed by atoms with Crippen molar-refractivity contribution in [1.29, 1.82) is 0 Å². The van der Waals surface area contributed by atoms with Gasteiger partial charge in [0.2, 0.25) is 11.7 Å². The van der Waals surface area contributed by atoms with E-state index in [9.17, 15) is 4.79 Å². The number of methoxy groups -OCH3 is 5. The minimum absolute atomic E-state index is 0.0125. The third-order valence-corrected chi connectivity index (χ3v) is 6.75. The van der Waals surface area contributed by atoms with Crippen LogP contribution in [-0.2, 0) is 4.79 Å². The summed E-state index contributed by atoms with van der Waals surface area (Å²) in [6.45, 7) is 0. The molecule has 2 aliphatic rings. The van der Waals surface area contributed by atoms with Crippen LogP contribution in [0.5, 0.6) is 28.7 Å². The number of aromatic nitrogens is 3. The number of nitrogens with zero attached hydrogens (tertiary/aromatic N) is 3. The summed E-state index contributed by atoms with van der Waals surface area (Å²) in [5, 5.41) is 7.77. The summed E-state index contributed by atoms with van der Waals surface area (Å²) in [6.07, 6.45) is 2.38. The predicted octanol–water partition coefficient (Wildman–Crippen LogP) is 3.74. The molecule has 2 heterocycles. The molecule has 0 amide bonds. The van der Waals surface area contributed by atoms with Crippen molar-refractivity contribution in [2.75, 3.05) is 40.9 Å². The summed E-state index contributed by atoms with van der Waals surface area (Å²) in [5.74, 6) is 3.22. The van der Waals surface area contributed by atoms with Crippen LogP contribution < -0.4 is 29.0 Å². The Hall–Kier alpha value is -4.21. The standard InChI is InChI=1S/C26H28N4O6/c1-32-19-8-6-7-16(24(19)35-4)23-22-17(29-26-27-13-28-30(23)26)9-14(10-18(22)31)15-11-20(33-2)25(36-5)21(12-15)34-3/h6-8,11-14,23H,9-10H2,1-5H3,(H,27,28,29)/t14-,23-/m0/s1. The van der Waals surface area contributed by atoms with E-state index in [0.29, 0.717) is 53.1 Å². The highest BCUT2D eigenvalue weighted by Crippen LogP contribution is 2.49. The van der Waals surface area contributed by atoms with E-state index >= 15 is 0 Å². The molecular formula is C26H28N4O6. The van der Waals surface area contributed by atoms with Crippen molar-refractivity contribution in [3.63, 3.8) is 0 Å². The highest BCUT2D eigenvalue weighted by molar-refractivity contribution is 6.00. The van der Waals surface area contributed by atoms with Gasteiger partial charge in [0.15, 0.2) is 28.8 Å². The first-order valence-corrected chi connectivity index (χ1v) is 11.5. The van der Waals surface area contributed by atoms with E-state index in [1.165, 1.54) is 6.33 Å². The van der Waals surface area contributed by atoms with Crippen molar-refractivity contribution in [2.24, 2.45) is 0 Å². The summed E-state index contributed by atoms with van der Waals surface area (Å²) in [7, 11) is 7.90. The molecular weight excluding hydrogens is 464 g/mol. The lowest BCUT2D eigenvalue weighted by Crippen LogP contribution is -2.33. The Bertz CT molecular complexity index is 1320. The maximum Gasteiger partial charge on any atom is 0.226 e. The molecule has 1 aromatic heterocycles. The number of carbonyl (C=O) groups excluding carboxylic acids is 1. The number of ether oxygens (including phenoxy) is 5. The van der Waals surface area contributed by atoms with E-state index in [-0.39, 0.29) is 11.7 Å². The molecule has 1 aliphatic heterocycles. The maximum atomic E-state index is 13.8.